The number of halogens is 1. The van der Waals surface area contributed by atoms with Crippen LogP contribution in [-0.2, 0) is 6.61 Å². The number of ether oxygens (including phenoxy) is 1. The number of nitro benzene ring substituents is 1. The van der Waals surface area contributed by atoms with E-state index in [0.29, 0.717) is 17.4 Å². The first kappa shape index (κ1) is 15.3. The third-order valence-electron chi connectivity index (χ3n) is 3.00. The van der Waals surface area contributed by atoms with Crippen molar-refractivity contribution >= 4 is 17.3 Å². The van der Waals surface area contributed by atoms with E-state index in [-0.39, 0.29) is 11.7 Å². The average molecular weight is 307 g/mol. The molecule has 0 saturated heterocycles. The molecule has 2 N–H and O–H groups in total. The molecule has 0 amide bonds. The normalized spacial score (nSPS) is 12.0. The second-order valence-corrected chi connectivity index (χ2v) is 5.12. The predicted octanol–water partition coefficient (Wildman–Crippen LogP) is 3.85. The molecule has 0 spiro atoms. The van der Waals surface area contributed by atoms with Gasteiger partial charge >= 0.3 is 0 Å². The number of hydrogen-bond donors (Lipinski definition) is 1. The van der Waals surface area contributed by atoms with E-state index < -0.39 is 4.92 Å². The lowest BCUT2D eigenvalue weighted by molar-refractivity contribution is -0.384. The molecule has 21 heavy (non-hydrogen) atoms. The Hall–Kier alpha value is -2.11. The molecule has 2 aromatic rings. The Morgan fingerprint density at radius 2 is 1.95 bits per heavy atom. The molecule has 0 aliphatic carbocycles. The van der Waals surface area contributed by atoms with E-state index in [4.69, 9.17) is 22.1 Å². The highest BCUT2D eigenvalue weighted by molar-refractivity contribution is 6.30. The molecule has 2 aromatic carbocycles. The Labute approximate surface area is 127 Å². The van der Waals surface area contributed by atoms with Gasteiger partial charge in [-0.15, -0.1) is 0 Å². The van der Waals surface area contributed by atoms with Crippen LogP contribution < -0.4 is 10.5 Å². The zero-order valence-electron chi connectivity index (χ0n) is 11.5. The first-order valence-corrected chi connectivity index (χ1v) is 6.76. The summed E-state index contributed by atoms with van der Waals surface area (Å²) in [4.78, 5) is 10.2. The van der Waals surface area contributed by atoms with Crippen LogP contribution in [-0.4, -0.2) is 4.92 Å². The first-order valence-electron chi connectivity index (χ1n) is 6.38. The number of nitrogens with two attached hydrogens (primary N) is 1. The highest BCUT2D eigenvalue weighted by Crippen LogP contribution is 2.28. The fourth-order valence-electron chi connectivity index (χ4n) is 1.88. The molecule has 0 radical (unpaired) electrons. The topological polar surface area (TPSA) is 78.4 Å². The molecule has 0 heterocycles. The molecular formula is C15H15ClN2O3. The summed E-state index contributed by atoms with van der Waals surface area (Å²) in [6.07, 6.45) is 0. The zero-order chi connectivity index (χ0) is 15.4. The van der Waals surface area contributed by atoms with Gasteiger partial charge in [0.15, 0.2) is 0 Å². The number of benzene rings is 2. The van der Waals surface area contributed by atoms with Crippen molar-refractivity contribution < 1.29 is 9.66 Å². The van der Waals surface area contributed by atoms with Crippen molar-refractivity contribution in [1.29, 1.82) is 0 Å². The van der Waals surface area contributed by atoms with E-state index in [1.165, 1.54) is 12.1 Å². The lowest BCUT2D eigenvalue weighted by atomic mass is 10.1. The first-order chi connectivity index (χ1) is 9.97. The molecule has 0 fully saturated rings. The van der Waals surface area contributed by atoms with Crippen LogP contribution in [0.5, 0.6) is 5.75 Å². The Bertz CT molecular complexity index is 642. The molecule has 1 atom stereocenters. The van der Waals surface area contributed by atoms with Crippen molar-refractivity contribution in [3.63, 3.8) is 0 Å². The summed E-state index contributed by atoms with van der Waals surface area (Å²) in [6, 6.07) is 11.3. The van der Waals surface area contributed by atoms with Gasteiger partial charge in [-0.3, -0.25) is 10.1 Å². The lowest BCUT2D eigenvalue weighted by Crippen LogP contribution is -2.08. The van der Waals surface area contributed by atoms with E-state index in [2.05, 4.69) is 0 Å². The number of hydrogen-bond acceptors (Lipinski definition) is 4. The second kappa shape index (κ2) is 6.56. The van der Waals surface area contributed by atoms with Gasteiger partial charge in [0.2, 0.25) is 0 Å². The molecule has 2 rings (SSSR count). The van der Waals surface area contributed by atoms with Gasteiger partial charge in [0.1, 0.15) is 12.4 Å². The largest absolute Gasteiger partial charge is 0.489 e. The Kier molecular flexibility index (Phi) is 4.77. The summed E-state index contributed by atoms with van der Waals surface area (Å²) in [7, 11) is 0. The van der Waals surface area contributed by atoms with Crippen molar-refractivity contribution in [2.45, 2.75) is 19.6 Å². The number of rotatable bonds is 5. The predicted molar refractivity (Wildman–Crippen MR) is 81.5 cm³/mol. The highest BCUT2D eigenvalue weighted by atomic mass is 35.5. The number of nitrogens with zero attached hydrogens (tertiary/aromatic N) is 1. The van der Waals surface area contributed by atoms with Crippen LogP contribution in [0.15, 0.2) is 42.5 Å². The van der Waals surface area contributed by atoms with Crippen LogP contribution in [0.25, 0.3) is 0 Å². The summed E-state index contributed by atoms with van der Waals surface area (Å²) in [5, 5.41) is 11.2. The molecule has 0 aromatic heterocycles. The van der Waals surface area contributed by atoms with E-state index in [0.717, 1.165) is 11.1 Å². The molecule has 0 unspecified atom stereocenters. The molecule has 6 heteroatoms. The molecule has 0 aliphatic rings. The zero-order valence-corrected chi connectivity index (χ0v) is 12.2. The lowest BCUT2D eigenvalue weighted by Gasteiger charge is -2.14. The fraction of sp³-hybridized carbons (Fsp3) is 0.200. The summed E-state index contributed by atoms with van der Waals surface area (Å²) < 4.78 is 5.73. The van der Waals surface area contributed by atoms with Crippen molar-refractivity contribution in [2.75, 3.05) is 0 Å². The maximum atomic E-state index is 10.6. The van der Waals surface area contributed by atoms with Gasteiger partial charge in [-0.25, -0.2) is 0 Å². The van der Waals surface area contributed by atoms with Gasteiger partial charge in [0.05, 0.1) is 4.92 Å². The minimum absolute atomic E-state index is 0.0570. The Morgan fingerprint density at radius 1 is 1.29 bits per heavy atom. The van der Waals surface area contributed by atoms with Crippen molar-refractivity contribution in [3.8, 4) is 5.75 Å². The van der Waals surface area contributed by atoms with Crippen LogP contribution in [0.2, 0.25) is 5.02 Å². The van der Waals surface area contributed by atoms with Crippen LogP contribution >= 0.6 is 11.6 Å². The van der Waals surface area contributed by atoms with Gasteiger partial charge in [-0.2, -0.15) is 0 Å². The quantitative estimate of drug-likeness (QED) is 0.672. The summed E-state index contributed by atoms with van der Waals surface area (Å²) in [6.45, 7) is 2.16. The van der Waals surface area contributed by atoms with Gasteiger partial charge in [-0.1, -0.05) is 11.6 Å². The average Bonchev–Trinajstić information content (AvgIpc) is 2.46. The molecule has 5 nitrogen and oxygen atoms in total. The van der Waals surface area contributed by atoms with E-state index in [9.17, 15) is 10.1 Å². The maximum Gasteiger partial charge on any atom is 0.269 e. The summed E-state index contributed by atoms with van der Waals surface area (Å²) in [5.74, 6) is 0.660. The second-order valence-electron chi connectivity index (χ2n) is 4.68. The molecular weight excluding hydrogens is 292 g/mol. The number of nitro groups is 1. The van der Waals surface area contributed by atoms with Crippen molar-refractivity contribution in [2.24, 2.45) is 5.73 Å². The third-order valence-corrected chi connectivity index (χ3v) is 3.24. The van der Waals surface area contributed by atoms with Crippen LogP contribution in [0.4, 0.5) is 5.69 Å². The summed E-state index contributed by atoms with van der Waals surface area (Å²) in [5.41, 5.74) is 7.61. The van der Waals surface area contributed by atoms with E-state index >= 15 is 0 Å². The molecule has 0 bridgehead atoms. The minimum atomic E-state index is -0.433. The van der Waals surface area contributed by atoms with Crippen LogP contribution in [0.3, 0.4) is 0 Å². The SMILES string of the molecule is C[C@H](N)c1cc(Cl)ccc1OCc1ccc([N+](=O)[O-])cc1. The third kappa shape index (κ3) is 3.93. The van der Waals surface area contributed by atoms with Gasteiger partial charge in [0, 0.05) is 28.8 Å². The van der Waals surface area contributed by atoms with Crippen molar-refractivity contribution in [3.05, 3.63) is 68.7 Å². The monoisotopic (exact) mass is 306 g/mol. The van der Waals surface area contributed by atoms with E-state index in [1.54, 1.807) is 30.3 Å². The van der Waals surface area contributed by atoms with Gasteiger partial charge < -0.3 is 10.5 Å². The minimum Gasteiger partial charge on any atom is -0.489 e. The number of non-ortho nitro benzene ring substituents is 1. The molecule has 110 valence electrons. The van der Waals surface area contributed by atoms with E-state index in [1.807, 2.05) is 6.92 Å². The van der Waals surface area contributed by atoms with Crippen LogP contribution in [0, 0.1) is 10.1 Å². The highest BCUT2D eigenvalue weighted by Gasteiger charge is 2.10. The van der Waals surface area contributed by atoms with Crippen LogP contribution in [0.1, 0.15) is 24.1 Å². The molecule has 0 aliphatic heterocycles. The standard InChI is InChI=1S/C15H15ClN2O3/c1-10(17)14-8-12(16)4-7-15(14)21-9-11-2-5-13(6-3-11)18(19)20/h2-8,10H,9,17H2,1H3/t10-/m0/s1. The maximum absolute atomic E-state index is 10.6. The Morgan fingerprint density at radius 3 is 2.52 bits per heavy atom. The molecule has 0 saturated carbocycles. The van der Waals surface area contributed by atoms with Crippen molar-refractivity contribution in [1.82, 2.24) is 0 Å². The van der Waals surface area contributed by atoms with Gasteiger partial charge in [-0.05, 0) is 42.8 Å². The summed E-state index contributed by atoms with van der Waals surface area (Å²) >= 11 is 5.95. The fourth-order valence-corrected chi connectivity index (χ4v) is 2.06. The van der Waals surface area contributed by atoms with Gasteiger partial charge in [0.25, 0.3) is 5.69 Å². The smallest absolute Gasteiger partial charge is 0.269 e. The Balaban J connectivity index is 2.11.